The van der Waals surface area contributed by atoms with E-state index in [0.717, 1.165) is 44.1 Å². The molecule has 0 bridgehead atoms. The van der Waals surface area contributed by atoms with Crippen molar-refractivity contribution in [1.29, 1.82) is 0 Å². The van der Waals surface area contributed by atoms with E-state index in [-0.39, 0.29) is 28.3 Å². The highest BCUT2D eigenvalue weighted by Gasteiger charge is 2.30. The van der Waals surface area contributed by atoms with Crippen LogP contribution in [-0.2, 0) is 6.42 Å². The van der Waals surface area contributed by atoms with Gasteiger partial charge in [0.2, 0.25) is 5.43 Å². The van der Waals surface area contributed by atoms with E-state index < -0.39 is 18.0 Å². The fraction of sp³-hybridized carbons (Fsp3) is 0.379. The van der Waals surface area contributed by atoms with Crippen LogP contribution in [0.4, 0.5) is 8.78 Å². The van der Waals surface area contributed by atoms with Gasteiger partial charge in [-0.25, -0.2) is 4.79 Å². The third-order valence-corrected chi connectivity index (χ3v) is 6.98. The van der Waals surface area contributed by atoms with Crippen molar-refractivity contribution in [2.45, 2.75) is 70.9 Å². The Labute approximate surface area is 209 Å². The van der Waals surface area contributed by atoms with E-state index in [9.17, 15) is 23.5 Å². The van der Waals surface area contributed by atoms with Gasteiger partial charge in [-0.3, -0.25) is 4.79 Å². The lowest BCUT2D eigenvalue weighted by atomic mass is 9.88. The number of nitrogens with zero attached hydrogens (tertiary/aromatic N) is 1. The van der Waals surface area contributed by atoms with Gasteiger partial charge in [0.1, 0.15) is 5.56 Å². The quantitative estimate of drug-likeness (QED) is 0.223. The first kappa shape index (κ1) is 25.6. The number of rotatable bonds is 11. The maximum Gasteiger partial charge on any atom is 0.387 e. The predicted molar refractivity (Wildman–Crippen MR) is 137 cm³/mol. The van der Waals surface area contributed by atoms with Crippen molar-refractivity contribution in [3.8, 4) is 16.9 Å². The molecule has 7 heteroatoms. The number of fused-ring (bicyclic) bond motifs is 1. The zero-order chi connectivity index (χ0) is 26.0. The number of hydrogen-bond donors (Lipinski definition) is 1. The molecule has 1 heterocycles. The molecule has 0 radical (unpaired) electrons. The van der Waals surface area contributed by atoms with Crippen LogP contribution in [0.2, 0.25) is 0 Å². The number of carboxylic acids is 1. The minimum atomic E-state index is -3.11. The summed E-state index contributed by atoms with van der Waals surface area (Å²) in [5.41, 5.74) is 2.65. The van der Waals surface area contributed by atoms with Crippen LogP contribution in [0.5, 0.6) is 5.75 Å². The number of unbranched alkanes of at least 4 members (excludes halogenated alkanes) is 1. The number of benzene rings is 2. The number of hydrogen-bond acceptors (Lipinski definition) is 3. The Kier molecular flexibility index (Phi) is 7.57. The normalized spacial score (nSPS) is 14.2. The van der Waals surface area contributed by atoms with Gasteiger partial charge in [-0.2, -0.15) is 8.78 Å². The van der Waals surface area contributed by atoms with Crippen LogP contribution in [0.3, 0.4) is 0 Å². The minimum Gasteiger partial charge on any atom is -0.477 e. The van der Waals surface area contributed by atoms with Crippen LogP contribution >= 0.6 is 0 Å². The summed E-state index contributed by atoms with van der Waals surface area (Å²) in [5.74, 6) is -1.10. The zero-order valence-corrected chi connectivity index (χ0v) is 20.6. The van der Waals surface area contributed by atoms with Crippen molar-refractivity contribution in [2.75, 3.05) is 0 Å². The van der Waals surface area contributed by atoms with Crippen LogP contribution in [-0.4, -0.2) is 22.3 Å². The van der Waals surface area contributed by atoms with E-state index in [1.165, 1.54) is 17.8 Å². The summed E-state index contributed by atoms with van der Waals surface area (Å²) in [6, 6.07) is 9.01. The zero-order valence-electron chi connectivity index (χ0n) is 20.6. The fourth-order valence-corrected chi connectivity index (χ4v) is 4.77. The summed E-state index contributed by atoms with van der Waals surface area (Å²) in [6.07, 6.45) is 8.29. The second-order valence-corrected chi connectivity index (χ2v) is 9.44. The monoisotopic (exact) mass is 495 g/mol. The lowest BCUT2D eigenvalue weighted by Gasteiger charge is -2.20. The van der Waals surface area contributed by atoms with E-state index in [1.807, 2.05) is 24.3 Å². The average molecular weight is 496 g/mol. The largest absolute Gasteiger partial charge is 0.477 e. The number of aromatic nitrogens is 1. The number of carbonyl (C=O) groups is 1. The Hall–Kier alpha value is -3.48. The Morgan fingerprint density at radius 2 is 2.03 bits per heavy atom. The van der Waals surface area contributed by atoms with Gasteiger partial charge in [0, 0.05) is 17.8 Å². The van der Waals surface area contributed by atoms with Crippen LogP contribution in [0.1, 0.15) is 79.4 Å². The molecule has 1 atom stereocenters. The van der Waals surface area contributed by atoms with Crippen molar-refractivity contribution in [3.63, 3.8) is 0 Å². The first-order valence-electron chi connectivity index (χ1n) is 12.4. The smallest absolute Gasteiger partial charge is 0.387 e. The molecule has 0 amide bonds. The second kappa shape index (κ2) is 10.6. The number of carboxylic acid groups (broad SMARTS) is 1. The summed E-state index contributed by atoms with van der Waals surface area (Å²) >= 11 is 0. The molecule has 0 aliphatic heterocycles. The number of ether oxygens (including phenoxy) is 1. The molecule has 4 rings (SSSR count). The highest BCUT2D eigenvalue weighted by atomic mass is 19.3. The van der Waals surface area contributed by atoms with Gasteiger partial charge < -0.3 is 14.4 Å². The van der Waals surface area contributed by atoms with Gasteiger partial charge >= 0.3 is 12.6 Å². The maximum atomic E-state index is 13.7. The van der Waals surface area contributed by atoms with Gasteiger partial charge in [-0.1, -0.05) is 38.1 Å². The van der Waals surface area contributed by atoms with E-state index in [4.69, 9.17) is 4.74 Å². The van der Waals surface area contributed by atoms with E-state index in [0.29, 0.717) is 17.0 Å². The number of alkyl halides is 2. The molecule has 1 aliphatic rings. The van der Waals surface area contributed by atoms with Gasteiger partial charge in [0.25, 0.3) is 0 Å². The molecule has 0 spiro atoms. The molecular formula is C29H31F2NO4. The van der Waals surface area contributed by atoms with Crippen molar-refractivity contribution >= 4 is 16.9 Å². The molecule has 5 nitrogen and oxygen atoms in total. The van der Waals surface area contributed by atoms with Crippen LogP contribution < -0.4 is 10.2 Å². The first-order chi connectivity index (χ1) is 17.3. The number of aryl methyl sites for hydroxylation is 1. The Morgan fingerprint density at radius 1 is 1.28 bits per heavy atom. The SMILES string of the molecule is C=CCCCc1cc(-c2ccc3c(=O)c(C(=O)O)cn(C4CC4)c3c2OC(F)F)ccc1C(C)CC. The molecule has 1 unspecified atom stereocenters. The number of halogens is 2. The van der Waals surface area contributed by atoms with Gasteiger partial charge in [-0.05, 0) is 73.3 Å². The predicted octanol–water partition coefficient (Wildman–Crippen LogP) is 7.33. The van der Waals surface area contributed by atoms with Gasteiger partial charge in [0.15, 0.2) is 5.75 Å². The summed E-state index contributed by atoms with van der Waals surface area (Å²) in [6.45, 7) is 4.99. The molecule has 1 saturated carbocycles. The summed E-state index contributed by atoms with van der Waals surface area (Å²) in [4.78, 5) is 24.7. The molecule has 3 aromatic rings. The van der Waals surface area contributed by atoms with Crippen LogP contribution in [0.25, 0.3) is 22.0 Å². The van der Waals surface area contributed by atoms with E-state index in [1.54, 1.807) is 10.6 Å². The lowest BCUT2D eigenvalue weighted by Crippen LogP contribution is -2.19. The third kappa shape index (κ3) is 5.06. The van der Waals surface area contributed by atoms with Gasteiger partial charge in [-0.15, -0.1) is 6.58 Å². The Balaban J connectivity index is 1.97. The molecule has 1 N–H and O–H groups in total. The Morgan fingerprint density at radius 3 is 2.64 bits per heavy atom. The van der Waals surface area contributed by atoms with Crippen molar-refractivity contribution in [3.05, 3.63) is 76.1 Å². The highest BCUT2D eigenvalue weighted by Crippen LogP contribution is 2.43. The summed E-state index contributed by atoms with van der Waals surface area (Å²) < 4.78 is 34.1. The molecule has 36 heavy (non-hydrogen) atoms. The van der Waals surface area contributed by atoms with E-state index >= 15 is 0 Å². The lowest BCUT2D eigenvalue weighted by molar-refractivity contribution is -0.0486. The summed E-state index contributed by atoms with van der Waals surface area (Å²) in [7, 11) is 0. The van der Waals surface area contributed by atoms with Crippen LogP contribution in [0, 0.1) is 0 Å². The average Bonchev–Trinajstić information content (AvgIpc) is 3.69. The fourth-order valence-electron chi connectivity index (χ4n) is 4.77. The molecule has 190 valence electrons. The number of pyridine rings is 1. The molecule has 0 saturated heterocycles. The molecule has 1 fully saturated rings. The molecule has 1 aromatic heterocycles. The molecule has 1 aliphatic carbocycles. The summed E-state index contributed by atoms with van der Waals surface area (Å²) in [5, 5.41) is 9.60. The standard InChI is InChI=1S/C29H31F2NO4/c1-4-6-7-8-18-15-19(9-12-21(18)17(3)5-2)22-13-14-23-25(27(22)36-29(30)31)32(20-10-11-20)16-24(26(23)33)28(34)35/h4,9,12-17,20,29H,1,5-8,10-11H2,2-3H3,(H,34,35). The second-order valence-electron chi connectivity index (χ2n) is 9.44. The van der Waals surface area contributed by atoms with Crippen molar-refractivity contribution in [2.24, 2.45) is 0 Å². The maximum absolute atomic E-state index is 13.7. The molecular weight excluding hydrogens is 464 g/mol. The molecule has 2 aromatic carbocycles. The van der Waals surface area contributed by atoms with Crippen LogP contribution in [0.15, 0.2) is 54.0 Å². The van der Waals surface area contributed by atoms with Gasteiger partial charge in [0.05, 0.1) is 10.9 Å². The topological polar surface area (TPSA) is 68.5 Å². The highest BCUT2D eigenvalue weighted by molar-refractivity contribution is 5.97. The Bertz CT molecular complexity index is 1360. The minimum absolute atomic E-state index is 0.0589. The van der Waals surface area contributed by atoms with Crippen molar-refractivity contribution < 1.29 is 23.4 Å². The third-order valence-electron chi connectivity index (χ3n) is 6.98. The number of aromatic carboxylic acids is 1. The number of allylic oxidation sites excluding steroid dienone is 1. The van der Waals surface area contributed by atoms with Crippen molar-refractivity contribution in [1.82, 2.24) is 4.57 Å². The first-order valence-corrected chi connectivity index (χ1v) is 12.4. The van der Waals surface area contributed by atoms with E-state index in [2.05, 4.69) is 20.4 Å².